The minimum Gasteiger partial charge on any atom is -0.488 e. The highest BCUT2D eigenvalue weighted by molar-refractivity contribution is 6.47. The SMILES string of the molecule is CC(=NC1CCN(C2COC2)CC1)/C(=N\N)c1cc(OC[C@]2(c3ccc(F)cn3)CCO2)c2c(C#N)cnn2c1. The molecular formula is C28H31FN8O3. The molecule has 3 fully saturated rings. The molecule has 3 aliphatic rings. The monoisotopic (exact) mass is 546 g/mol. The van der Waals surface area contributed by atoms with E-state index in [0.717, 1.165) is 44.9 Å². The maximum Gasteiger partial charge on any atom is 0.147 e. The third-order valence-electron chi connectivity index (χ3n) is 7.99. The van der Waals surface area contributed by atoms with Gasteiger partial charge in [0.2, 0.25) is 0 Å². The van der Waals surface area contributed by atoms with Gasteiger partial charge in [0.15, 0.2) is 0 Å². The average molecular weight is 547 g/mol. The van der Waals surface area contributed by atoms with E-state index in [2.05, 4.69) is 26.2 Å². The molecule has 0 aromatic carbocycles. The molecule has 3 saturated heterocycles. The van der Waals surface area contributed by atoms with E-state index in [1.165, 1.54) is 18.5 Å². The Bertz CT molecular complexity index is 1480. The Morgan fingerprint density at radius 2 is 2.10 bits per heavy atom. The standard InChI is InChI=1S/C28H31FN8O3/c1-18(34-22-4-7-36(8-5-22)23-15-38-16-23)26(35-31)19-10-24(27-20(11-30)12-33-37(27)14-19)39-17-28(6-9-40-28)25-3-2-21(29)13-32-25/h2-3,10,12-14,22-23H,4-9,15-17,31H2,1H3/b34-18?,35-26+/t28-/m0/s1. The van der Waals surface area contributed by atoms with Crippen LogP contribution in [-0.4, -0.2) is 82.5 Å². The van der Waals surface area contributed by atoms with Gasteiger partial charge >= 0.3 is 0 Å². The summed E-state index contributed by atoms with van der Waals surface area (Å²) in [5.74, 6) is 5.89. The van der Waals surface area contributed by atoms with Crippen LogP contribution in [0.1, 0.15) is 43.0 Å². The molecule has 6 heterocycles. The van der Waals surface area contributed by atoms with E-state index in [1.807, 2.05) is 6.92 Å². The van der Waals surface area contributed by atoms with E-state index in [-0.39, 0.29) is 12.6 Å². The zero-order valence-electron chi connectivity index (χ0n) is 22.3. The van der Waals surface area contributed by atoms with Gasteiger partial charge in [0.1, 0.15) is 46.6 Å². The first-order valence-electron chi connectivity index (χ1n) is 13.4. The van der Waals surface area contributed by atoms with Crippen molar-refractivity contribution in [3.8, 4) is 11.8 Å². The zero-order valence-corrected chi connectivity index (χ0v) is 22.3. The van der Waals surface area contributed by atoms with Gasteiger partial charge in [0.05, 0.1) is 55.7 Å². The molecule has 0 spiro atoms. The van der Waals surface area contributed by atoms with Crippen LogP contribution in [0.25, 0.3) is 5.52 Å². The summed E-state index contributed by atoms with van der Waals surface area (Å²) in [6.07, 6.45) is 7.01. The van der Waals surface area contributed by atoms with Crippen molar-refractivity contribution >= 4 is 16.9 Å². The molecule has 12 heteroatoms. The molecule has 11 nitrogen and oxygen atoms in total. The number of aromatic nitrogens is 3. The van der Waals surface area contributed by atoms with Crippen molar-refractivity contribution in [3.63, 3.8) is 0 Å². The van der Waals surface area contributed by atoms with Crippen LogP contribution in [0, 0.1) is 17.1 Å². The number of piperidine rings is 1. The summed E-state index contributed by atoms with van der Waals surface area (Å²) in [5, 5.41) is 18.2. The number of fused-ring (bicyclic) bond motifs is 1. The molecule has 3 aromatic rings. The Kier molecular flexibility index (Phi) is 7.18. The van der Waals surface area contributed by atoms with Crippen LogP contribution in [0.15, 0.2) is 46.9 Å². The molecule has 0 saturated carbocycles. The lowest BCUT2D eigenvalue weighted by Gasteiger charge is -2.40. The molecule has 3 aromatic heterocycles. The van der Waals surface area contributed by atoms with Gasteiger partial charge in [0, 0.05) is 31.3 Å². The molecule has 208 valence electrons. The maximum atomic E-state index is 13.5. The van der Waals surface area contributed by atoms with E-state index in [9.17, 15) is 9.65 Å². The lowest BCUT2D eigenvalue weighted by atomic mass is 9.91. The number of nitrogens with two attached hydrogens (primary N) is 1. The molecule has 1 atom stereocenters. The van der Waals surface area contributed by atoms with E-state index in [1.54, 1.807) is 22.8 Å². The second kappa shape index (κ2) is 10.9. The Morgan fingerprint density at radius 3 is 2.70 bits per heavy atom. The molecular weight excluding hydrogens is 515 g/mol. The van der Waals surface area contributed by atoms with Crippen molar-refractivity contribution in [3.05, 3.63) is 59.4 Å². The van der Waals surface area contributed by atoms with E-state index < -0.39 is 11.4 Å². The number of likely N-dealkylation sites (tertiary alicyclic amines) is 1. The van der Waals surface area contributed by atoms with Crippen LogP contribution in [-0.2, 0) is 15.1 Å². The van der Waals surface area contributed by atoms with Crippen LogP contribution >= 0.6 is 0 Å². The van der Waals surface area contributed by atoms with Gasteiger partial charge in [-0.3, -0.25) is 14.9 Å². The number of hydrogen-bond donors (Lipinski definition) is 1. The molecule has 0 unspecified atom stereocenters. The number of halogens is 1. The van der Waals surface area contributed by atoms with Gasteiger partial charge in [-0.1, -0.05) is 0 Å². The van der Waals surface area contributed by atoms with Gasteiger partial charge in [0.25, 0.3) is 0 Å². The fourth-order valence-corrected chi connectivity index (χ4v) is 5.51. The van der Waals surface area contributed by atoms with Crippen LogP contribution in [0.2, 0.25) is 0 Å². The van der Waals surface area contributed by atoms with E-state index >= 15 is 0 Å². The minimum atomic E-state index is -0.809. The van der Waals surface area contributed by atoms with E-state index in [4.69, 9.17) is 25.0 Å². The summed E-state index contributed by atoms with van der Waals surface area (Å²) >= 11 is 0. The third kappa shape index (κ3) is 4.92. The Balaban J connectivity index is 1.26. The van der Waals surface area contributed by atoms with Crippen molar-refractivity contribution in [1.29, 1.82) is 5.26 Å². The van der Waals surface area contributed by atoms with Crippen molar-refractivity contribution < 1.29 is 18.6 Å². The number of ether oxygens (including phenoxy) is 3. The summed E-state index contributed by atoms with van der Waals surface area (Å²) in [7, 11) is 0. The molecule has 2 N–H and O–H groups in total. The summed E-state index contributed by atoms with van der Waals surface area (Å²) in [4.78, 5) is 11.7. The van der Waals surface area contributed by atoms with Crippen molar-refractivity contribution in [2.24, 2.45) is 15.9 Å². The summed E-state index contributed by atoms with van der Waals surface area (Å²) in [5.41, 5.74) is 2.56. The van der Waals surface area contributed by atoms with Crippen LogP contribution in [0.3, 0.4) is 0 Å². The minimum absolute atomic E-state index is 0.119. The number of hydrazone groups is 1. The maximum absolute atomic E-state index is 13.5. The number of aliphatic imine (C=N–C) groups is 1. The molecule has 0 amide bonds. The number of pyridine rings is 2. The number of nitrogens with zero attached hydrogens (tertiary/aromatic N) is 7. The number of hydrogen-bond acceptors (Lipinski definition) is 10. The number of rotatable bonds is 8. The third-order valence-corrected chi connectivity index (χ3v) is 7.99. The van der Waals surface area contributed by atoms with Crippen molar-refractivity contribution in [2.75, 3.05) is 39.5 Å². The molecule has 6 rings (SSSR count). The first kappa shape index (κ1) is 26.3. The van der Waals surface area contributed by atoms with Crippen LogP contribution < -0.4 is 10.6 Å². The highest BCUT2D eigenvalue weighted by atomic mass is 19.1. The van der Waals surface area contributed by atoms with Crippen molar-refractivity contribution in [1.82, 2.24) is 19.5 Å². The predicted molar refractivity (Wildman–Crippen MR) is 145 cm³/mol. The van der Waals surface area contributed by atoms with Gasteiger partial charge in [-0.15, -0.1) is 0 Å². The summed E-state index contributed by atoms with van der Waals surface area (Å²) in [6.45, 7) is 6.19. The topological polar surface area (TPSA) is 136 Å². The Hall–Kier alpha value is -3.92. The molecule has 0 aliphatic carbocycles. The zero-order chi connectivity index (χ0) is 27.7. The van der Waals surface area contributed by atoms with Gasteiger partial charge in [-0.25, -0.2) is 8.91 Å². The Morgan fingerprint density at radius 1 is 1.30 bits per heavy atom. The second-order valence-corrected chi connectivity index (χ2v) is 10.4. The van der Waals surface area contributed by atoms with Crippen LogP contribution in [0.4, 0.5) is 4.39 Å². The normalized spacial score (nSPS) is 23.0. The van der Waals surface area contributed by atoms with Crippen molar-refractivity contribution in [2.45, 2.75) is 43.9 Å². The second-order valence-electron chi connectivity index (χ2n) is 10.4. The smallest absolute Gasteiger partial charge is 0.147 e. The van der Waals surface area contributed by atoms with Gasteiger partial charge < -0.3 is 20.1 Å². The lowest BCUT2D eigenvalue weighted by Crippen LogP contribution is -2.52. The Labute approximate surface area is 231 Å². The highest BCUT2D eigenvalue weighted by Gasteiger charge is 2.43. The van der Waals surface area contributed by atoms with Gasteiger partial charge in [-0.2, -0.15) is 15.5 Å². The summed E-state index contributed by atoms with van der Waals surface area (Å²) in [6, 6.07) is 7.65. The average Bonchev–Trinajstić information content (AvgIpc) is 3.33. The fourth-order valence-electron chi connectivity index (χ4n) is 5.51. The van der Waals surface area contributed by atoms with Gasteiger partial charge in [-0.05, 0) is 38.0 Å². The molecule has 40 heavy (non-hydrogen) atoms. The first-order chi connectivity index (χ1) is 19.5. The highest BCUT2D eigenvalue weighted by Crippen LogP contribution is 2.38. The summed E-state index contributed by atoms with van der Waals surface area (Å²) < 4.78 is 32.6. The van der Waals surface area contributed by atoms with Crippen LogP contribution in [0.5, 0.6) is 5.75 Å². The quantitative estimate of drug-likeness (QED) is 0.259. The molecule has 0 bridgehead atoms. The lowest BCUT2D eigenvalue weighted by molar-refractivity contribution is -0.175. The van der Waals surface area contributed by atoms with E-state index in [0.29, 0.717) is 52.9 Å². The number of nitriles is 1. The fraction of sp³-hybridized carbons (Fsp3) is 0.464. The molecule has 0 radical (unpaired) electrons. The molecule has 3 aliphatic heterocycles. The predicted octanol–water partition coefficient (Wildman–Crippen LogP) is 2.42. The first-order valence-corrected chi connectivity index (χ1v) is 13.4. The largest absolute Gasteiger partial charge is 0.488 e.